The Morgan fingerprint density at radius 2 is 2.47 bits per heavy atom. The fourth-order valence-electron chi connectivity index (χ4n) is 1.97. The minimum absolute atomic E-state index is 0.278. The minimum atomic E-state index is 0.278. The molecule has 0 spiro atoms. The maximum atomic E-state index is 5.50. The van der Waals surface area contributed by atoms with Crippen LogP contribution in [-0.4, -0.2) is 30.6 Å². The SMILES string of the molecule is Cc1cccc(/C=N\NC(=S)NC[C@@H]2CCCO2)c1. The zero-order chi connectivity index (χ0) is 13.5. The van der Waals surface area contributed by atoms with Crippen LogP contribution in [0.1, 0.15) is 24.0 Å². The highest BCUT2D eigenvalue weighted by Crippen LogP contribution is 2.10. The average Bonchev–Trinajstić information content (AvgIpc) is 2.89. The van der Waals surface area contributed by atoms with Crippen LogP contribution in [0.4, 0.5) is 0 Å². The molecule has 1 aromatic rings. The topological polar surface area (TPSA) is 45.7 Å². The third-order valence-corrected chi connectivity index (χ3v) is 3.17. The second-order valence-corrected chi connectivity index (χ2v) is 5.04. The van der Waals surface area contributed by atoms with Gasteiger partial charge in [0, 0.05) is 13.2 Å². The van der Waals surface area contributed by atoms with Crippen molar-refractivity contribution in [3.05, 3.63) is 35.4 Å². The van der Waals surface area contributed by atoms with Gasteiger partial charge in [0.15, 0.2) is 5.11 Å². The van der Waals surface area contributed by atoms with Crippen molar-refractivity contribution in [3.63, 3.8) is 0 Å². The fraction of sp³-hybridized carbons (Fsp3) is 0.429. The van der Waals surface area contributed by atoms with Gasteiger partial charge in [-0.15, -0.1) is 0 Å². The van der Waals surface area contributed by atoms with Crippen LogP contribution in [0.15, 0.2) is 29.4 Å². The number of aryl methyl sites for hydroxylation is 1. The predicted molar refractivity (Wildman–Crippen MR) is 81.5 cm³/mol. The third-order valence-electron chi connectivity index (χ3n) is 2.94. The summed E-state index contributed by atoms with van der Waals surface area (Å²) in [7, 11) is 0. The molecular weight excluding hydrogens is 258 g/mol. The van der Waals surface area contributed by atoms with E-state index in [1.54, 1.807) is 6.21 Å². The lowest BCUT2D eigenvalue weighted by atomic mass is 10.2. The van der Waals surface area contributed by atoms with Gasteiger partial charge in [-0.3, -0.25) is 5.43 Å². The largest absolute Gasteiger partial charge is 0.376 e. The van der Waals surface area contributed by atoms with Crippen molar-refractivity contribution >= 4 is 23.5 Å². The summed E-state index contributed by atoms with van der Waals surface area (Å²) < 4.78 is 5.50. The maximum Gasteiger partial charge on any atom is 0.187 e. The quantitative estimate of drug-likeness (QED) is 0.502. The van der Waals surface area contributed by atoms with Crippen LogP contribution < -0.4 is 10.7 Å². The van der Waals surface area contributed by atoms with Gasteiger partial charge in [-0.05, 0) is 37.5 Å². The van der Waals surface area contributed by atoms with Crippen molar-refractivity contribution < 1.29 is 4.74 Å². The molecule has 19 heavy (non-hydrogen) atoms. The molecule has 1 atom stereocenters. The van der Waals surface area contributed by atoms with E-state index in [0.29, 0.717) is 5.11 Å². The van der Waals surface area contributed by atoms with Gasteiger partial charge in [-0.2, -0.15) is 5.10 Å². The molecule has 5 heteroatoms. The monoisotopic (exact) mass is 277 g/mol. The van der Waals surface area contributed by atoms with Crippen LogP contribution in [0.3, 0.4) is 0 Å². The average molecular weight is 277 g/mol. The number of thiocarbonyl (C=S) groups is 1. The van der Waals surface area contributed by atoms with Gasteiger partial charge in [-0.25, -0.2) is 0 Å². The number of benzene rings is 1. The molecule has 1 aromatic carbocycles. The number of rotatable bonds is 4. The van der Waals surface area contributed by atoms with Crippen LogP contribution in [0, 0.1) is 6.92 Å². The second kappa shape index (κ2) is 7.21. The first-order chi connectivity index (χ1) is 9.24. The predicted octanol–water partition coefficient (Wildman–Crippen LogP) is 1.97. The molecule has 0 aliphatic carbocycles. The first-order valence-corrected chi connectivity index (χ1v) is 6.90. The molecule has 0 aromatic heterocycles. The molecule has 0 saturated carbocycles. The van der Waals surface area contributed by atoms with E-state index in [1.807, 2.05) is 12.1 Å². The Kier molecular flexibility index (Phi) is 5.30. The summed E-state index contributed by atoms with van der Waals surface area (Å²) in [5.41, 5.74) is 5.07. The summed E-state index contributed by atoms with van der Waals surface area (Å²) in [5.74, 6) is 0. The third kappa shape index (κ3) is 4.96. The van der Waals surface area contributed by atoms with E-state index in [4.69, 9.17) is 17.0 Å². The standard InChI is InChI=1S/C14H19N3OS/c1-11-4-2-5-12(8-11)9-16-17-14(19)15-10-13-6-3-7-18-13/h2,4-5,8-9,13H,3,6-7,10H2,1H3,(H2,15,17,19)/b16-9-/t13-/m0/s1. The van der Waals surface area contributed by atoms with E-state index in [0.717, 1.165) is 31.6 Å². The molecule has 1 aliphatic heterocycles. The zero-order valence-electron chi connectivity index (χ0n) is 11.1. The molecule has 1 saturated heterocycles. The zero-order valence-corrected chi connectivity index (χ0v) is 11.9. The Morgan fingerprint density at radius 1 is 1.58 bits per heavy atom. The minimum Gasteiger partial charge on any atom is -0.376 e. The summed E-state index contributed by atoms with van der Waals surface area (Å²) in [6.45, 7) is 3.66. The summed E-state index contributed by atoms with van der Waals surface area (Å²) in [6, 6.07) is 8.12. The molecule has 1 fully saturated rings. The maximum absolute atomic E-state index is 5.50. The molecule has 2 N–H and O–H groups in total. The van der Waals surface area contributed by atoms with Crippen molar-refractivity contribution in [2.75, 3.05) is 13.2 Å². The van der Waals surface area contributed by atoms with Gasteiger partial charge < -0.3 is 10.1 Å². The Labute approximate surface area is 119 Å². The van der Waals surface area contributed by atoms with E-state index in [-0.39, 0.29) is 6.10 Å². The molecule has 1 aliphatic rings. The van der Waals surface area contributed by atoms with Crippen LogP contribution >= 0.6 is 12.2 Å². The molecule has 0 unspecified atom stereocenters. The van der Waals surface area contributed by atoms with Crippen molar-refractivity contribution in [1.82, 2.24) is 10.7 Å². The second-order valence-electron chi connectivity index (χ2n) is 4.63. The van der Waals surface area contributed by atoms with Crippen molar-refractivity contribution in [3.8, 4) is 0 Å². The lowest BCUT2D eigenvalue weighted by Crippen LogP contribution is -2.37. The highest BCUT2D eigenvalue weighted by atomic mass is 32.1. The van der Waals surface area contributed by atoms with Crippen LogP contribution in [0.25, 0.3) is 0 Å². The summed E-state index contributed by atoms with van der Waals surface area (Å²) in [4.78, 5) is 0. The lowest BCUT2D eigenvalue weighted by Gasteiger charge is -2.11. The number of nitrogens with zero attached hydrogens (tertiary/aromatic N) is 1. The van der Waals surface area contributed by atoms with E-state index in [2.05, 4.69) is 34.9 Å². The molecule has 2 rings (SSSR count). The van der Waals surface area contributed by atoms with Gasteiger partial charge in [0.05, 0.1) is 12.3 Å². The van der Waals surface area contributed by atoms with E-state index < -0.39 is 0 Å². The number of ether oxygens (including phenoxy) is 1. The molecule has 4 nitrogen and oxygen atoms in total. The van der Waals surface area contributed by atoms with Gasteiger partial charge in [-0.1, -0.05) is 29.8 Å². The number of hydrogen-bond donors (Lipinski definition) is 2. The van der Waals surface area contributed by atoms with Crippen LogP contribution in [0.2, 0.25) is 0 Å². The Morgan fingerprint density at radius 3 is 3.21 bits per heavy atom. The summed E-state index contributed by atoms with van der Waals surface area (Å²) >= 11 is 5.14. The molecule has 1 heterocycles. The smallest absolute Gasteiger partial charge is 0.187 e. The van der Waals surface area contributed by atoms with Gasteiger partial charge in [0.1, 0.15) is 0 Å². The highest BCUT2D eigenvalue weighted by molar-refractivity contribution is 7.80. The molecule has 102 valence electrons. The van der Waals surface area contributed by atoms with Gasteiger partial charge in [0.25, 0.3) is 0 Å². The Balaban J connectivity index is 1.70. The number of hydrazone groups is 1. The lowest BCUT2D eigenvalue weighted by molar-refractivity contribution is 0.114. The van der Waals surface area contributed by atoms with Gasteiger partial charge >= 0.3 is 0 Å². The molecule has 0 radical (unpaired) electrons. The van der Waals surface area contributed by atoms with Crippen LogP contribution in [0.5, 0.6) is 0 Å². The fourth-order valence-corrected chi connectivity index (χ4v) is 2.10. The summed E-state index contributed by atoms with van der Waals surface area (Å²) in [5, 5.41) is 7.74. The number of hydrogen-bond acceptors (Lipinski definition) is 3. The summed E-state index contributed by atoms with van der Waals surface area (Å²) in [6.07, 6.45) is 4.27. The van der Waals surface area contributed by atoms with Crippen molar-refractivity contribution in [1.29, 1.82) is 0 Å². The normalized spacial score (nSPS) is 18.7. The van der Waals surface area contributed by atoms with E-state index in [9.17, 15) is 0 Å². The first kappa shape index (κ1) is 14.0. The van der Waals surface area contributed by atoms with Crippen molar-refractivity contribution in [2.45, 2.75) is 25.9 Å². The molecular formula is C14H19N3OS. The molecule has 0 bridgehead atoms. The molecule has 0 amide bonds. The Bertz CT molecular complexity index is 456. The van der Waals surface area contributed by atoms with Gasteiger partial charge in [0.2, 0.25) is 0 Å². The first-order valence-electron chi connectivity index (χ1n) is 6.49. The van der Waals surface area contributed by atoms with Crippen LogP contribution in [-0.2, 0) is 4.74 Å². The van der Waals surface area contributed by atoms with Crippen molar-refractivity contribution in [2.24, 2.45) is 5.10 Å². The van der Waals surface area contributed by atoms with E-state index >= 15 is 0 Å². The number of nitrogens with one attached hydrogen (secondary N) is 2. The Hall–Kier alpha value is -1.46. The highest BCUT2D eigenvalue weighted by Gasteiger charge is 2.14. The van der Waals surface area contributed by atoms with E-state index in [1.165, 1.54) is 5.56 Å².